The minimum atomic E-state index is -1.37. The normalized spacial score (nSPS) is 18.9. The molecule has 0 aromatic heterocycles. The van der Waals surface area contributed by atoms with Crippen molar-refractivity contribution in [1.82, 2.24) is 5.48 Å². The Kier molecular flexibility index (Phi) is 7.70. The van der Waals surface area contributed by atoms with Gasteiger partial charge in [0, 0.05) is 11.6 Å². The fourth-order valence-electron chi connectivity index (χ4n) is 3.04. The first-order chi connectivity index (χ1) is 14.6. The molecule has 2 amide bonds. The Bertz CT molecular complexity index is 1040. The highest BCUT2D eigenvalue weighted by Crippen LogP contribution is 2.65. The number of halogens is 6. The molecule has 0 bridgehead atoms. The van der Waals surface area contributed by atoms with Crippen LogP contribution in [0, 0.1) is 5.92 Å². The number of carbonyl (C=O) groups is 2. The van der Waals surface area contributed by atoms with Gasteiger partial charge in [-0.2, -0.15) is 0 Å². The molecule has 2 atom stereocenters. The van der Waals surface area contributed by atoms with Crippen molar-refractivity contribution in [2.24, 2.45) is 5.92 Å². The number of hydrogen-bond acceptors (Lipinski definition) is 3. The molecule has 1 aliphatic rings. The molecule has 2 aromatic carbocycles. The van der Waals surface area contributed by atoms with E-state index in [-0.39, 0.29) is 32.3 Å². The summed E-state index contributed by atoms with van der Waals surface area (Å²) in [6, 6.07) is 7.56. The number of benzene rings is 2. The van der Waals surface area contributed by atoms with E-state index in [2.05, 4.69) is 17.4 Å². The molecular weight excluding hydrogens is 529 g/mol. The molecule has 0 radical (unpaired) electrons. The van der Waals surface area contributed by atoms with E-state index in [1.807, 2.05) is 0 Å². The van der Waals surface area contributed by atoms with E-state index in [0.29, 0.717) is 11.3 Å². The maximum Gasteiger partial charge on any atom is 0.276 e. The van der Waals surface area contributed by atoms with Crippen molar-refractivity contribution in [3.05, 3.63) is 74.2 Å². The Morgan fingerprint density at radius 3 is 2.32 bits per heavy atom. The van der Waals surface area contributed by atoms with Crippen LogP contribution in [-0.2, 0) is 9.63 Å². The van der Waals surface area contributed by atoms with Crippen LogP contribution in [0.25, 0.3) is 0 Å². The number of amides is 2. The smallest absolute Gasteiger partial charge is 0.276 e. The molecule has 0 heterocycles. The summed E-state index contributed by atoms with van der Waals surface area (Å²) in [7, 11) is 0. The van der Waals surface area contributed by atoms with Crippen molar-refractivity contribution in [2.45, 2.75) is 10.3 Å². The highest BCUT2D eigenvalue weighted by Gasteiger charge is 2.67. The standard InChI is InChI=1S/C20H14Cl6N2O3/c1-2-5-31-28-18(29)11-8-10(3-4-12(11)21)27-19(30)16-15(20(16,25)26)9-6-13(22)17(24)14(23)7-9/h2-4,6-8,15-16H,1,5H2,(H,27,30)(H,28,29)/t15-,16+/m0/s1. The Hall–Kier alpha value is -1.18. The number of anilines is 1. The SMILES string of the molecule is C=CCONC(=O)c1cc(NC(=O)[C@H]2[C@H](c3cc(Cl)c(Cl)c(Cl)c3)C2(Cl)Cl)ccc1Cl. The maximum absolute atomic E-state index is 12.8. The lowest BCUT2D eigenvalue weighted by Gasteiger charge is -2.10. The van der Waals surface area contributed by atoms with Crippen LogP contribution < -0.4 is 10.8 Å². The van der Waals surface area contributed by atoms with Crippen molar-refractivity contribution in [3.8, 4) is 0 Å². The van der Waals surface area contributed by atoms with Gasteiger partial charge < -0.3 is 5.32 Å². The fraction of sp³-hybridized carbons (Fsp3) is 0.200. The van der Waals surface area contributed by atoms with Crippen LogP contribution in [0.3, 0.4) is 0 Å². The Morgan fingerprint density at radius 1 is 1.06 bits per heavy atom. The number of carbonyl (C=O) groups excluding carboxylic acids is 2. The second-order valence-corrected chi connectivity index (χ2v) is 9.69. The summed E-state index contributed by atoms with van der Waals surface area (Å²) < 4.78 is -1.37. The number of rotatable bonds is 7. The molecule has 11 heteroatoms. The monoisotopic (exact) mass is 540 g/mol. The van der Waals surface area contributed by atoms with Crippen LogP contribution in [0.1, 0.15) is 21.8 Å². The first kappa shape index (κ1) is 24.5. The first-order valence-electron chi connectivity index (χ1n) is 8.73. The van der Waals surface area contributed by atoms with Crippen molar-refractivity contribution in [3.63, 3.8) is 0 Å². The van der Waals surface area contributed by atoms with E-state index in [1.54, 1.807) is 18.2 Å². The predicted octanol–water partition coefficient (Wildman–Crippen LogP) is 6.67. The van der Waals surface area contributed by atoms with Crippen LogP contribution >= 0.6 is 69.6 Å². The largest absolute Gasteiger partial charge is 0.326 e. The summed E-state index contributed by atoms with van der Waals surface area (Å²) >= 11 is 37.0. The zero-order valence-electron chi connectivity index (χ0n) is 15.5. The van der Waals surface area contributed by atoms with Crippen LogP contribution in [0.5, 0.6) is 0 Å². The lowest BCUT2D eigenvalue weighted by Crippen LogP contribution is -2.24. The molecule has 2 N–H and O–H groups in total. The Morgan fingerprint density at radius 2 is 1.71 bits per heavy atom. The third-order valence-electron chi connectivity index (χ3n) is 4.55. The minimum absolute atomic E-state index is 0.107. The van der Waals surface area contributed by atoms with E-state index < -0.39 is 28.0 Å². The molecule has 0 spiro atoms. The average Bonchev–Trinajstić information content (AvgIpc) is 3.29. The predicted molar refractivity (Wildman–Crippen MR) is 126 cm³/mol. The highest BCUT2D eigenvalue weighted by molar-refractivity contribution is 6.54. The molecule has 0 saturated heterocycles. The molecular formula is C20H14Cl6N2O3. The van der Waals surface area contributed by atoms with Gasteiger partial charge in [-0.25, -0.2) is 5.48 Å². The molecule has 2 aromatic rings. The maximum atomic E-state index is 12.8. The lowest BCUT2D eigenvalue weighted by atomic mass is 10.1. The third kappa shape index (κ3) is 5.25. The summed E-state index contributed by atoms with van der Waals surface area (Å²) in [5.41, 5.74) is 3.24. The molecule has 164 valence electrons. The average molecular weight is 543 g/mol. The Labute approximate surface area is 208 Å². The topological polar surface area (TPSA) is 67.4 Å². The molecule has 1 aliphatic carbocycles. The molecule has 31 heavy (non-hydrogen) atoms. The number of hydroxylamine groups is 1. The van der Waals surface area contributed by atoms with Crippen LogP contribution in [-0.4, -0.2) is 22.8 Å². The van der Waals surface area contributed by atoms with Crippen LogP contribution in [0.15, 0.2) is 43.0 Å². The van der Waals surface area contributed by atoms with Crippen molar-refractivity contribution in [1.29, 1.82) is 0 Å². The summed E-state index contributed by atoms with van der Waals surface area (Å²) in [5, 5.41) is 3.53. The van der Waals surface area contributed by atoms with Gasteiger partial charge in [0.1, 0.15) is 4.33 Å². The van der Waals surface area contributed by atoms with Gasteiger partial charge in [0.25, 0.3) is 5.91 Å². The molecule has 0 aliphatic heterocycles. The molecule has 1 saturated carbocycles. The molecule has 3 rings (SSSR count). The van der Waals surface area contributed by atoms with Gasteiger partial charge in [-0.3, -0.25) is 14.4 Å². The van der Waals surface area contributed by atoms with Gasteiger partial charge in [0.2, 0.25) is 5.91 Å². The van der Waals surface area contributed by atoms with Gasteiger partial charge in [0.05, 0.1) is 38.2 Å². The van der Waals surface area contributed by atoms with Gasteiger partial charge in [-0.1, -0.05) is 52.5 Å². The Balaban J connectivity index is 1.76. The van der Waals surface area contributed by atoms with Gasteiger partial charge >= 0.3 is 0 Å². The second kappa shape index (κ2) is 9.75. The number of hydrogen-bond donors (Lipinski definition) is 2. The van der Waals surface area contributed by atoms with E-state index in [4.69, 9.17) is 74.4 Å². The quantitative estimate of drug-likeness (QED) is 0.135. The minimum Gasteiger partial charge on any atom is -0.326 e. The van der Waals surface area contributed by atoms with E-state index >= 15 is 0 Å². The number of alkyl halides is 2. The van der Waals surface area contributed by atoms with Crippen molar-refractivity contribution >= 4 is 87.1 Å². The van der Waals surface area contributed by atoms with Crippen molar-refractivity contribution in [2.75, 3.05) is 11.9 Å². The third-order valence-corrected chi connectivity index (χ3v) is 7.01. The van der Waals surface area contributed by atoms with Crippen LogP contribution in [0.4, 0.5) is 5.69 Å². The summed E-state index contributed by atoms with van der Waals surface area (Å²) in [6.07, 6.45) is 1.47. The van der Waals surface area contributed by atoms with E-state index in [9.17, 15) is 9.59 Å². The lowest BCUT2D eigenvalue weighted by molar-refractivity contribution is -0.117. The molecule has 0 unspecified atom stereocenters. The van der Waals surface area contributed by atoms with Gasteiger partial charge in [-0.15, -0.1) is 29.8 Å². The number of nitrogens with one attached hydrogen (secondary N) is 2. The summed E-state index contributed by atoms with van der Waals surface area (Å²) in [4.78, 5) is 30.0. The zero-order valence-corrected chi connectivity index (χ0v) is 20.1. The van der Waals surface area contributed by atoms with Crippen molar-refractivity contribution < 1.29 is 14.4 Å². The molecule has 5 nitrogen and oxygen atoms in total. The molecule has 1 fully saturated rings. The van der Waals surface area contributed by atoms with Gasteiger partial charge in [-0.05, 0) is 35.9 Å². The fourth-order valence-corrected chi connectivity index (χ4v) is 4.69. The summed E-state index contributed by atoms with van der Waals surface area (Å²) in [5.74, 6) is -2.37. The zero-order chi connectivity index (χ0) is 22.9. The summed E-state index contributed by atoms with van der Waals surface area (Å²) in [6.45, 7) is 3.60. The second-order valence-electron chi connectivity index (χ2n) is 6.64. The highest BCUT2D eigenvalue weighted by atomic mass is 35.5. The van der Waals surface area contributed by atoms with E-state index in [1.165, 1.54) is 18.2 Å². The van der Waals surface area contributed by atoms with E-state index in [0.717, 1.165) is 0 Å². The van der Waals surface area contributed by atoms with Gasteiger partial charge in [0.15, 0.2) is 0 Å². The first-order valence-corrected chi connectivity index (χ1v) is 11.0. The van der Waals surface area contributed by atoms with Crippen LogP contribution in [0.2, 0.25) is 20.1 Å².